The van der Waals surface area contributed by atoms with Crippen LogP contribution >= 0.6 is 7.82 Å². The van der Waals surface area contributed by atoms with Crippen LogP contribution in [0.1, 0.15) is 194 Å². The standard InChI is InChI=1S/C43H81O13P/c1-3-5-7-9-11-13-14-15-16-17-18-19-20-21-22-24-26-28-30-32-37(45)55-35(33-53-36(44)31-29-27-25-23-12-10-8-6-4-2)34-54-57(51,52)56-43-41(49)39(47)38(46)40(48)42(43)50/h15-16,35,38-43,46-50H,3-14,17-34H2,1-2H3,(H,51,52)/b16-15-. The Labute approximate surface area is 343 Å². The molecule has 0 saturated heterocycles. The van der Waals surface area contributed by atoms with Gasteiger partial charge in [0.1, 0.15) is 43.2 Å². The molecule has 57 heavy (non-hydrogen) atoms. The number of phosphoric ester groups is 1. The van der Waals surface area contributed by atoms with Crippen LogP contribution in [0.3, 0.4) is 0 Å². The highest BCUT2D eigenvalue weighted by Gasteiger charge is 2.51. The monoisotopic (exact) mass is 837 g/mol. The minimum atomic E-state index is -5.11. The maximum atomic E-state index is 12.8. The molecule has 0 heterocycles. The number of aliphatic hydroxyl groups excluding tert-OH is 5. The van der Waals surface area contributed by atoms with Gasteiger partial charge in [-0.3, -0.25) is 18.6 Å². The molecule has 1 fully saturated rings. The Bertz CT molecular complexity index is 1060. The third-order valence-electron chi connectivity index (χ3n) is 10.6. The first-order chi connectivity index (χ1) is 27.4. The Balaban J connectivity index is 2.42. The molecule has 0 spiro atoms. The third kappa shape index (κ3) is 27.1. The van der Waals surface area contributed by atoms with Crippen molar-refractivity contribution in [3.8, 4) is 0 Å². The van der Waals surface area contributed by atoms with Gasteiger partial charge in [-0.2, -0.15) is 0 Å². The first-order valence-corrected chi connectivity index (χ1v) is 24.0. The van der Waals surface area contributed by atoms with Gasteiger partial charge in [0, 0.05) is 12.8 Å². The zero-order chi connectivity index (χ0) is 42.2. The van der Waals surface area contributed by atoms with Crippen LogP contribution in [-0.2, 0) is 32.7 Å². The lowest BCUT2D eigenvalue weighted by atomic mass is 9.85. The molecule has 6 atom stereocenters. The van der Waals surface area contributed by atoms with Crippen LogP contribution in [0.2, 0.25) is 0 Å². The van der Waals surface area contributed by atoms with Crippen molar-refractivity contribution >= 4 is 19.8 Å². The number of hydrogen-bond donors (Lipinski definition) is 6. The fourth-order valence-electron chi connectivity index (χ4n) is 6.93. The SMILES string of the molecule is CCCCCCCC/C=C\CCCCCCCCCCCC(=O)OC(COC(=O)CCCCCCCCCCC)COP(=O)(O)OC1C(O)C(O)C(O)C(O)C1O. The van der Waals surface area contributed by atoms with Gasteiger partial charge in [-0.15, -0.1) is 0 Å². The Kier molecular flexibility index (Phi) is 32.3. The van der Waals surface area contributed by atoms with Crippen molar-refractivity contribution in [2.24, 2.45) is 0 Å². The van der Waals surface area contributed by atoms with Crippen molar-refractivity contribution in [3.63, 3.8) is 0 Å². The molecule has 1 aliphatic rings. The van der Waals surface area contributed by atoms with Crippen molar-refractivity contribution in [1.82, 2.24) is 0 Å². The average molecular weight is 837 g/mol. The number of carbonyl (C=O) groups excluding carboxylic acids is 2. The highest BCUT2D eigenvalue weighted by molar-refractivity contribution is 7.47. The van der Waals surface area contributed by atoms with E-state index in [4.69, 9.17) is 18.5 Å². The van der Waals surface area contributed by atoms with Crippen molar-refractivity contribution < 1.29 is 63.1 Å². The number of esters is 2. The lowest BCUT2D eigenvalue weighted by Gasteiger charge is -2.41. The van der Waals surface area contributed by atoms with Gasteiger partial charge in [0.2, 0.25) is 0 Å². The second kappa shape index (κ2) is 34.3. The topological polar surface area (TPSA) is 210 Å². The van der Waals surface area contributed by atoms with Crippen LogP contribution in [0.25, 0.3) is 0 Å². The molecule has 0 aromatic carbocycles. The van der Waals surface area contributed by atoms with Gasteiger partial charge in [-0.1, -0.05) is 154 Å². The lowest BCUT2D eigenvalue weighted by molar-refractivity contribution is -0.220. The molecule has 13 nitrogen and oxygen atoms in total. The van der Waals surface area contributed by atoms with Gasteiger partial charge in [0.15, 0.2) is 6.10 Å². The van der Waals surface area contributed by atoms with Crippen LogP contribution in [-0.4, -0.2) is 98.3 Å². The first kappa shape index (κ1) is 53.6. The summed E-state index contributed by atoms with van der Waals surface area (Å²) in [4.78, 5) is 35.5. The predicted octanol–water partition coefficient (Wildman–Crippen LogP) is 8.28. The molecule has 0 radical (unpaired) electrons. The van der Waals surface area contributed by atoms with E-state index in [0.29, 0.717) is 12.8 Å². The molecular formula is C43H81O13P. The number of hydrogen-bond acceptors (Lipinski definition) is 12. The van der Waals surface area contributed by atoms with Crippen molar-refractivity contribution in [3.05, 3.63) is 12.2 Å². The summed E-state index contributed by atoms with van der Waals surface area (Å²) in [5, 5.41) is 50.0. The maximum Gasteiger partial charge on any atom is 0.472 e. The van der Waals surface area contributed by atoms with Crippen molar-refractivity contribution in [1.29, 1.82) is 0 Å². The molecule has 6 N–H and O–H groups in total. The summed E-state index contributed by atoms with van der Waals surface area (Å²) >= 11 is 0. The maximum absolute atomic E-state index is 12.8. The van der Waals surface area contributed by atoms with Crippen LogP contribution in [0.5, 0.6) is 0 Å². The number of allylic oxidation sites excluding steroid dienone is 2. The second-order valence-electron chi connectivity index (χ2n) is 15.9. The summed E-state index contributed by atoms with van der Waals surface area (Å²) in [6.07, 6.45) is 21.4. The van der Waals surface area contributed by atoms with Gasteiger partial charge in [-0.25, -0.2) is 4.57 Å². The van der Waals surface area contributed by atoms with Gasteiger partial charge in [-0.05, 0) is 38.5 Å². The van der Waals surface area contributed by atoms with E-state index < -0.39 is 75.7 Å². The fourth-order valence-corrected chi connectivity index (χ4v) is 7.90. The predicted molar refractivity (Wildman–Crippen MR) is 221 cm³/mol. The second-order valence-corrected chi connectivity index (χ2v) is 17.3. The molecule has 0 amide bonds. The summed E-state index contributed by atoms with van der Waals surface area (Å²) in [7, 11) is -5.11. The van der Waals surface area contributed by atoms with E-state index in [1.807, 2.05) is 0 Å². The summed E-state index contributed by atoms with van der Waals surface area (Å²) in [6, 6.07) is 0. The van der Waals surface area contributed by atoms with Gasteiger partial charge in [0.05, 0.1) is 6.61 Å². The fraction of sp³-hybridized carbons (Fsp3) is 0.907. The van der Waals surface area contributed by atoms with Crippen LogP contribution in [0.4, 0.5) is 0 Å². The van der Waals surface area contributed by atoms with Crippen LogP contribution < -0.4 is 0 Å². The van der Waals surface area contributed by atoms with Crippen molar-refractivity contribution in [2.75, 3.05) is 13.2 Å². The minimum Gasteiger partial charge on any atom is -0.462 e. The molecule has 1 saturated carbocycles. The number of carbonyl (C=O) groups is 2. The Morgan fingerprint density at radius 1 is 0.526 bits per heavy atom. The van der Waals surface area contributed by atoms with E-state index in [2.05, 4.69) is 26.0 Å². The van der Waals surface area contributed by atoms with Crippen molar-refractivity contribution in [2.45, 2.75) is 236 Å². The molecule has 1 rings (SSSR count). The Morgan fingerprint density at radius 2 is 0.895 bits per heavy atom. The molecule has 0 aliphatic heterocycles. The highest BCUT2D eigenvalue weighted by atomic mass is 31.2. The zero-order valence-corrected chi connectivity index (χ0v) is 36.3. The zero-order valence-electron chi connectivity index (χ0n) is 35.4. The largest absolute Gasteiger partial charge is 0.472 e. The van der Waals surface area contributed by atoms with E-state index in [9.17, 15) is 44.6 Å². The number of ether oxygens (including phenoxy) is 2. The lowest BCUT2D eigenvalue weighted by Crippen LogP contribution is -2.64. The Morgan fingerprint density at radius 3 is 1.33 bits per heavy atom. The quantitative estimate of drug-likeness (QED) is 0.0151. The third-order valence-corrected chi connectivity index (χ3v) is 11.6. The number of unbranched alkanes of at least 4 members (excludes halogenated alkanes) is 23. The molecule has 0 bridgehead atoms. The number of phosphoric acid groups is 1. The number of aliphatic hydroxyl groups is 5. The summed E-state index contributed by atoms with van der Waals surface area (Å²) in [5.41, 5.74) is 0. The normalized spacial score (nSPS) is 22.7. The molecule has 1 aliphatic carbocycles. The van der Waals surface area contributed by atoms with E-state index in [1.165, 1.54) is 103 Å². The smallest absolute Gasteiger partial charge is 0.462 e. The summed E-state index contributed by atoms with van der Waals surface area (Å²) in [5.74, 6) is -1.10. The van der Waals surface area contributed by atoms with E-state index in [-0.39, 0.29) is 12.8 Å². The van der Waals surface area contributed by atoms with Crippen LogP contribution in [0, 0.1) is 0 Å². The average Bonchev–Trinajstić information content (AvgIpc) is 3.19. The minimum absolute atomic E-state index is 0.0983. The summed E-state index contributed by atoms with van der Waals surface area (Å²) < 4.78 is 33.4. The Hall–Kier alpha value is -1.41. The number of rotatable bonds is 37. The first-order valence-electron chi connectivity index (χ1n) is 22.5. The van der Waals surface area contributed by atoms with Gasteiger partial charge < -0.3 is 39.9 Å². The molecule has 336 valence electrons. The molecule has 0 aromatic rings. The molecular weight excluding hydrogens is 755 g/mol. The highest BCUT2D eigenvalue weighted by Crippen LogP contribution is 2.47. The molecule has 0 aromatic heterocycles. The molecule has 6 unspecified atom stereocenters. The van der Waals surface area contributed by atoms with E-state index in [0.717, 1.165) is 51.4 Å². The van der Waals surface area contributed by atoms with Gasteiger partial charge in [0.25, 0.3) is 0 Å². The van der Waals surface area contributed by atoms with E-state index >= 15 is 0 Å². The van der Waals surface area contributed by atoms with Crippen LogP contribution in [0.15, 0.2) is 12.2 Å². The van der Waals surface area contributed by atoms with Gasteiger partial charge >= 0.3 is 19.8 Å². The van der Waals surface area contributed by atoms with E-state index in [1.54, 1.807) is 0 Å². The summed E-state index contributed by atoms with van der Waals surface area (Å²) in [6.45, 7) is 3.27. The molecule has 14 heteroatoms.